The predicted octanol–water partition coefficient (Wildman–Crippen LogP) is 2.47. The minimum Gasteiger partial charge on any atom is -0.493 e. The summed E-state index contributed by atoms with van der Waals surface area (Å²) in [7, 11) is 3.28. The van der Waals surface area contributed by atoms with Crippen LogP contribution in [0.3, 0.4) is 0 Å². The van der Waals surface area contributed by atoms with Gasteiger partial charge >= 0.3 is 0 Å². The predicted molar refractivity (Wildman–Crippen MR) is 95.4 cm³/mol. The maximum atomic E-state index is 12.4. The number of nitrogens with zero attached hydrogens (tertiary/aromatic N) is 1. The quantitative estimate of drug-likeness (QED) is 0.868. The second-order valence-corrected chi connectivity index (χ2v) is 7.15. The van der Waals surface area contributed by atoms with Crippen LogP contribution in [0.25, 0.3) is 0 Å². The van der Waals surface area contributed by atoms with E-state index in [2.05, 4.69) is 19.9 Å². The molecule has 2 N–H and O–H groups in total. The van der Waals surface area contributed by atoms with E-state index in [4.69, 9.17) is 15.2 Å². The lowest BCUT2D eigenvalue weighted by Crippen LogP contribution is -2.50. The van der Waals surface area contributed by atoms with Crippen molar-refractivity contribution in [2.75, 3.05) is 27.3 Å². The molecule has 5 nitrogen and oxygen atoms in total. The van der Waals surface area contributed by atoms with Gasteiger partial charge in [0, 0.05) is 25.6 Å². The number of carbonyl (C=O) groups is 1. The molecular formula is C19H30N2O3. The fourth-order valence-electron chi connectivity index (χ4n) is 3.42. The maximum Gasteiger partial charge on any atom is 0.222 e. The van der Waals surface area contributed by atoms with Gasteiger partial charge in [-0.05, 0) is 42.4 Å². The third kappa shape index (κ3) is 4.87. The fraction of sp³-hybridized carbons (Fsp3) is 0.632. The monoisotopic (exact) mass is 334 g/mol. The van der Waals surface area contributed by atoms with Gasteiger partial charge in [0.05, 0.1) is 14.2 Å². The molecule has 0 saturated carbocycles. The summed E-state index contributed by atoms with van der Waals surface area (Å²) >= 11 is 0. The summed E-state index contributed by atoms with van der Waals surface area (Å²) in [5.41, 5.74) is 7.38. The van der Waals surface area contributed by atoms with E-state index in [0.29, 0.717) is 24.8 Å². The highest BCUT2D eigenvalue weighted by molar-refractivity contribution is 5.76. The molecule has 24 heavy (non-hydrogen) atoms. The molecule has 2 rings (SSSR count). The maximum absolute atomic E-state index is 12.4. The van der Waals surface area contributed by atoms with Crippen molar-refractivity contribution >= 4 is 5.91 Å². The van der Waals surface area contributed by atoms with Crippen LogP contribution in [-0.4, -0.2) is 44.2 Å². The Balaban J connectivity index is 2.04. The third-order valence-corrected chi connectivity index (χ3v) is 4.48. The number of nitrogens with two attached hydrogens (primary N) is 1. The molecule has 1 aliphatic heterocycles. The van der Waals surface area contributed by atoms with Crippen LogP contribution < -0.4 is 15.2 Å². The number of benzene rings is 1. The van der Waals surface area contributed by atoms with E-state index in [0.717, 1.165) is 30.9 Å². The number of hydrogen-bond donors (Lipinski definition) is 1. The molecule has 5 heteroatoms. The van der Waals surface area contributed by atoms with E-state index in [1.807, 2.05) is 17.0 Å². The van der Waals surface area contributed by atoms with E-state index in [1.54, 1.807) is 14.2 Å². The zero-order chi connectivity index (χ0) is 17.7. The first-order valence-electron chi connectivity index (χ1n) is 8.67. The van der Waals surface area contributed by atoms with Crippen molar-refractivity contribution in [3.05, 3.63) is 23.8 Å². The van der Waals surface area contributed by atoms with Crippen LogP contribution in [0.5, 0.6) is 11.5 Å². The van der Waals surface area contributed by atoms with Crippen LogP contribution in [0.15, 0.2) is 18.2 Å². The number of piperidine rings is 1. The summed E-state index contributed by atoms with van der Waals surface area (Å²) < 4.78 is 10.7. The third-order valence-electron chi connectivity index (χ3n) is 4.48. The second kappa shape index (κ2) is 8.38. The Morgan fingerprint density at radius 3 is 2.58 bits per heavy atom. The number of carbonyl (C=O) groups excluding carboxylic acids is 1. The van der Waals surface area contributed by atoms with Gasteiger partial charge in [-0.15, -0.1) is 0 Å². The molecule has 1 aliphatic rings. The van der Waals surface area contributed by atoms with Crippen LogP contribution >= 0.6 is 0 Å². The van der Waals surface area contributed by atoms with Crippen molar-refractivity contribution in [3.63, 3.8) is 0 Å². The Labute approximate surface area is 145 Å². The first-order chi connectivity index (χ1) is 11.4. The topological polar surface area (TPSA) is 64.8 Å². The van der Waals surface area contributed by atoms with E-state index >= 15 is 0 Å². The van der Waals surface area contributed by atoms with Crippen molar-refractivity contribution in [2.24, 2.45) is 17.6 Å². The van der Waals surface area contributed by atoms with Crippen molar-refractivity contribution in [2.45, 2.75) is 39.2 Å². The second-order valence-electron chi connectivity index (χ2n) is 7.15. The number of methoxy groups -OCH3 is 2. The van der Waals surface area contributed by atoms with Crippen LogP contribution in [0.2, 0.25) is 0 Å². The number of likely N-dealkylation sites (tertiary alicyclic amines) is 1. The van der Waals surface area contributed by atoms with Crippen molar-refractivity contribution in [3.8, 4) is 11.5 Å². The summed E-state index contributed by atoms with van der Waals surface area (Å²) in [6, 6.07) is 6.06. The molecule has 1 aromatic rings. The van der Waals surface area contributed by atoms with Gasteiger partial charge in [0.1, 0.15) is 0 Å². The molecule has 1 heterocycles. The minimum absolute atomic E-state index is 0.0556. The van der Waals surface area contributed by atoms with Crippen molar-refractivity contribution in [1.82, 2.24) is 4.90 Å². The zero-order valence-electron chi connectivity index (χ0n) is 15.2. The first-order valence-corrected chi connectivity index (χ1v) is 8.67. The minimum atomic E-state index is 0.0556. The first kappa shape index (κ1) is 18.6. The molecule has 0 radical (unpaired) electrons. The number of amides is 1. The van der Waals surface area contributed by atoms with Gasteiger partial charge in [0.15, 0.2) is 11.5 Å². The van der Waals surface area contributed by atoms with Crippen LogP contribution in [0.1, 0.15) is 32.3 Å². The van der Waals surface area contributed by atoms with Crippen LogP contribution in [-0.2, 0) is 11.2 Å². The molecule has 134 valence electrons. The van der Waals surface area contributed by atoms with Gasteiger partial charge in [0.2, 0.25) is 5.91 Å². The molecule has 0 aliphatic carbocycles. The van der Waals surface area contributed by atoms with Gasteiger partial charge in [0.25, 0.3) is 0 Å². The Kier molecular flexibility index (Phi) is 6.49. The molecule has 1 fully saturated rings. The molecule has 1 aromatic carbocycles. The standard InChI is InChI=1S/C19H30N2O3/c1-13(2)7-19(22)21-11-15(9-16(20)12-21)8-14-5-6-17(23-3)18(10-14)24-4/h5-6,10,13,15-16H,7-9,11-12,20H2,1-4H3. The summed E-state index contributed by atoms with van der Waals surface area (Å²) in [6.07, 6.45) is 2.43. The van der Waals surface area contributed by atoms with Gasteiger partial charge < -0.3 is 20.1 Å². The molecule has 1 amide bonds. The summed E-state index contributed by atoms with van der Waals surface area (Å²) in [5, 5.41) is 0. The van der Waals surface area contributed by atoms with Gasteiger partial charge in [-0.1, -0.05) is 19.9 Å². The molecule has 0 aromatic heterocycles. The highest BCUT2D eigenvalue weighted by Crippen LogP contribution is 2.30. The van der Waals surface area contributed by atoms with Crippen LogP contribution in [0, 0.1) is 11.8 Å². The fourth-order valence-corrected chi connectivity index (χ4v) is 3.42. The number of rotatable bonds is 6. The van der Waals surface area contributed by atoms with Crippen molar-refractivity contribution < 1.29 is 14.3 Å². The highest BCUT2D eigenvalue weighted by atomic mass is 16.5. The Hall–Kier alpha value is -1.75. The van der Waals surface area contributed by atoms with E-state index in [1.165, 1.54) is 5.56 Å². The van der Waals surface area contributed by atoms with E-state index in [9.17, 15) is 4.79 Å². The van der Waals surface area contributed by atoms with E-state index < -0.39 is 0 Å². The molecule has 1 saturated heterocycles. The highest BCUT2D eigenvalue weighted by Gasteiger charge is 2.28. The lowest BCUT2D eigenvalue weighted by molar-refractivity contribution is -0.134. The SMILES string of the molecule is COc1ccc(CC2CC(N)CN(C(=O)CC(C)C)C2)cc1OC. The Morgan fingerprint density at radius 2 is 1.96 bits per heavy atom. The molecular weight excluding hydrogens is 304 g/mol. The Morgan fingerprint density at radius 1 is 1.25 bits per heavy atom. The van der Waals surface area contributed by atoms with Crippen molar-refractivity contribution in [1.29, 1.82) is 0 Å². The van der Waals surface area contributed by atoms with Gasteiger partial charge in [-0.2, -0.15) is 0 Å². The lowest BCUT2D eigenvalue weighted by atomic mass is 9.88. The average Bonchev–Trinajstić information content (AvgIpc) is 2.53. The van der Waals surface area contributed by atoms with Crippen LogP contribution in [0.4, 0.5) is 0 Å². The average molecular weight is 334 g/mol. The molecule has 2 atom stereocenters. The summed E-state index contributed by atoms with van der Waals surface area (Å²) in [4.78, 5) is 14.3. The van der Waals surface area contributed by atoms with Gasteiger partial charge in [-0.25, -0.2) is 0 Å². The largest absolute Gasteiger partial charge is 0.493 e. The molecule has 0 spiro atoms. The van der Waals surface area contributed by atoms with Gasteiger partial charge in [-0.3, -0.25) is 4.79 Å². The normalized spacial score (nSPS) is 21.0. The molecule has 0 bridgehead atoms. The number of ether oxygens (including phenoxy) is 2. The Bertz CT molecular complexity index is 560. The summed E-state index contributed by atoms with van der Waals surface area (Å²) in [5.74, 6) is 2.44. The lowest BCUT2D eigenvalue weighted by Gasteiger charge is -2.37. The molecule has 2 unspecified atom stereocenters. The smallest absolute Gasteiger partial charge is 0.222 e. The zero-order valence-corrected chi connectivity index (χ0v) is 15.2. The summed E-state index contributed by atoms with van der Waals surface area (Å²) in [6.45, 7) is 5.60. The number of hydrogen-bond acceptors (Lipinski definition) is 4. The van der Waals surface area contributed by atoms with E-state index in [-0.39, 0.29) is 11.9 Å².